The van der Waals surface area contributed by atoms with Crippen molar-refractivity contribution in [2.24, 2.45) is 0 Å². The third-order valence-corrected chi connectivity index (χ3v) is 3.92. The van der Waals surface area contributed by atoms with Crippen molar-refractivity contribution in [1.29, 1.82) is 5.26 Å². The molecule has 0 bridgehead atoms. The molecule has 0 atom stereocenters. The van der Waals surface area contributed by atoms with Crippen LogP contribution >= 0.6 is 23.2 Å². The van der Waals surface area contributed by atoms with Crippen LogP contribution in [0.3, 0.4) is 0 Å². The van der Waals surface area contributed by atoms with Gasteiger partial charge in [-0.25, -0.2) is 0 Å². The van der Waals surface area contributed by atoms with Crippen LogP contribution in [0.4, 0.5) is 5.69 Å². The molecule has 2 aromatic rings. The second-order valence-electron chi connectivity index (χ2n) is 4.81. The zero-order chi connectivity index (χ0) is 14.8. The van der Waals surface area contributed by atoms with E-state index in [1.807, 2.05) is 12.1 Å². The minimum atomic E-state index is 0.522. The lowest BCUT2D eigenvalue weighted by molar-refractivity contribution is 0.354. The van der Waals surface area contributed by atoms with Gasteiger partial charge in [0.05, 0.1) is 28.9 Å². The first-order valence-corrected chi connectivity index (χ1v) is 7.30. The molecular formula is C16H12Cl2N2O. The van der Waals surface area contributed by atoms with Crippen LogP contribution in [0.2, 0.25) is 10.0 Å². The van der Waals surface area contributed by atoms with E-state index in [4.69, 9.17) is 33.2 Å². The lowest BCUT2D eigenvalue weighted by atomic mass is 10.1. The van der Waals surface area contributed by atoms with Crippen LogP contribution in [-0.2, 0) is 13.0 Å². The zero-order valence-corrected chi connectivity index (χ0v) is 12.6. The maximum Gasteiger partial charge on any atom is 0.127 e. The predicted octanol–water partition coefficient (Wildman–Crippen LogP) is 4.41. The smallest absolute Gasteiger partial charge is 0.127 e. The summed E-state index contributed by atoms with van der Waals surface area (Å²) in [5, 5.41) is 13.3. The van der Waals surface area contributed by atoms with Crippen molar-refractivity contribution < 1.29 is 4.74 Å². The molecule has 1 heterocycles. The molecule has 0 aromatic heterocycles. The predicted molar refractivity (Wildman–Crippen MR) is 84.1 cm³/mol. The van der Waals surface area contributed by atoms with Gasteiger partial charge in [0.25, 0.3) is 0 Å². The highest BCUT2D eigenvalue weighted by Crippen LogP contribution is 2.33. The number of nitrogens with one attached hydrogen (secondary N) is 1. The number of fused-ring (bicyclic) bond motifs is 1. The highest BCUT2D eigenvalue weighted by molar-refractivity contribution is 6.33. The molecule has 5 heteroatoms. The standard InChI is InChI=1S/C16H12Cl2N2O/c17-13-6-11-3-4-21-16(11)12(7-13)9-20-15-2-1-10(8-19)5-14(15)18/h1-2,5-7,20H,3-4,9H2. The summed E-state index contributed by atoms with van der Waals surface area (Å²) in [7, 11) is 0. The van der Waals surface area contributed by atoms with E-state index < -0.39 is 0 Å². The van der Waals surface area contributed by atoms with Crippen LogP contribution in [0, 0.1) is 11.3 Å². The Labute approximate surface area is 133 Å². The summed E-state index contributed by atoms with van der Waals surface area (Å²) in [4.78, 5) is 0. The fourth-order valence-corrected chi connectivity index (χ4v) is 2.91. The molecule has 3 nitrogen and oxygen atoms in total. The fourth-order valence-electron chi connectivity index (χ4n) is 2.40. The minimum absolute atomic E-state index is 0.522. The number of nitriles is 1. The van der Waals surface area contributed by atoms with Gasteiger partial charge in [-0.3, -0.25) is 0 Å². The van der Waals surface area contributed by atoms with Gasteiger partial charge in [-0.15, -0.1) is 0 Å². The van der Waals surface area contributed by atoms with Gasteiger partial charge in [0, 0.05) is 23.6 Å². The molecule has 1 N–H and O–H groups in total. The van der Waals surface area contributed by atoms with E-state index in [-0.39, 0.29) is 0 Å². The average molecular weight is 319 g/mol. The highest BCUT2D eigenvalue weighted by atomic mass is 35.5. The molecule has 0 spiro atoms. The number of benzene rings is 2. The zero-order valence-electron chi connectivity index (χ0n) is 11.1. The molecule has 0 unspecified atom stereocenters. The second kappa shape index (κ2) is 5.85. The van der Waals surface area contributed by atoms with E-state index in [9.17, 15) is 0 Å². The Morgan fingerprint density at radius 1 is 1.24 bits per heavy atom. The molecule has 1 aliphatic rings. The van der Waals surface area contributed by atoms with Gasteiger partial charge in [-0.1, -0.05) is 23.2 Å². The van der Waals surface area contributed by atoms with E-state index in [0.717, 1.165) is 29.0 Å². The van der Waals surface area contributed by atoms with Gasteiger partial charge < -0.3 is 10.1 Å². The molecule has 0 saturated carbocycles. The summed E-state index contributed by atoms with van der Waals surface area (Å²) in [6.07, 6.45) is 0.889. The highest BCUT2D eigenvalue weighted by Gasteiger charge is 2.17. The maximum atomic E-state index is 8.84. The summed E-state index contributed by atoms with van der Waals surface area (Å²) < 4.78 is 5.67. The van der Waals surface area contributed by atoms with Crippen molar-refractivity contribution in [3.8, 4) is 11.8 Å². The first-order valence-electron chi connectivity index (χ1n) is 6.55. The van der Waals surface area contributed by atoms with Crippen LogP contribution < -0.4 is 10.1 Å². The van der Waals surface area contributed by atoms with Gasteiger partial charge in [0.1, 0.15) is 5.75 Å². The lowest BCUT2D eigenvalue weighted by Gasteiger charge is -2.12. The molecule has 0 aliphatic carbocycles. The summed E-state index contributed by atoms with van der Waals surface area (Å²) >= 11 is 12.3. The monoisotopic (exact) mass is 318 g/mol. The molecule has 21 heavy (non-hydrogen) atoms. The number of hydrogen-bond donors (Lipinski definition) is 1. The average Bonchev–Trinajstić information content (AvgIpc) is 2.93. The van der Waals surface area contributed by atoms with E-state index >= 15 is 0 Å². The topological polar surface area (TPSA) is 45.0 Å². The number of hydrogen-bond acceptors (Lipinski definition) is 3. The molecular weight excluding hydrogens is 307 g/mol. The third kappa shape index (κ3) is 2.92. The number of nitrogens with zero attached hydrogens (tertiary/aromatic N) is 1. The summed E-state index contributed by atoms with van der Waals surface area (Å²) in [5.41, 5.74) is 3.47. The Morgan fingerprint density at radius 2 is 2.10 bits per heavy atom. The molecule has 3 rings (SSSR count). The molecule has 2 aromatic carbocycles. The molecule has 0 amide bonds. The molecule has 0 fully saturated rings. The fraction of sp³-hybridized carbons (Fsp3) is 0.188. The Hall–Kier alpha value is -1.89. The lowest BCUT2D eigenvalue weighted by Crippen LogP contribution is -2.02. The quantitative estimate of drug-likeness (QED) is 0.911. The van der Waals surface area contributed by atoms with E-state index in [1.165, 1.54) is 0 Å². The number of rotatable bonds is 3. The molecule has 1 aliphatic heterocycles. The van der Waals surface area contributed by atoms with Gasteiger partial charge in [0.2, 0.25) is 0 Å². The first-order chi connectivity index (χ1) is 10.2. The van der Waals surface area contributed by atoms with Gasteiger partial charge in [0.15, 0.2) is 0 Å². The van der Waals surface area contributed by atoms with Gasteiger partial charge in [-0.05, 0) is 35.9 Å². The summed E-state index contributed by atoms with van der Waals surface area (Å²) in [6.45, 7) is 1.26. The van der Waals surface area contributed by atoms with Crippen molar-refractivity contribution in [1.82, 2.24) is 0 Å². The molecule has 0 radical (unpaired) electrons. The summed E-state index contributed by atoms with van der Waals surface area (Å²) in [6, 6.07) is 11.1. The van der Waals surface area contributed by atoms with Gasteiger partial charge >= 0.3 is 0 Å². The SMILES string of the molecule is N#Cc1ccc(NCc2cc(Cl)cc3c2OCC3)c(Cl)c1. The number of halogens is 2. The van der Waals surface area contributed by atoms with Crippen molar-refractivity contribution in [3.63, 3.8) is 0 Å². The van der Waals surface area contributed by atoms with Crippen LogP contribution in [0.1, 0.15) is 16.7 Å². The van der Waals surface area contributed by atoms with Crippen LogP contribution in [0.15, 0.2) is 30.3 Å². The summed E-state index contributed by atoms with van der Waals surface area (Å²) in [5.74, 6) is 0.914. The van der Waals surface area contributed by atoms with E-state index in [0.29, 0.717) is 28.8 Å². The molecule has 106 valence electrons. The Morgan fingerprint density at radius 3 is 2.86 bits per heavy atom. The third-order valence-electron chi connectivity index (χ3n) is 3.39. The van der Waals surface area contributed by atoms with E-state index in [2.05, 4.69) is 11.4 Å². The first kappa shape index (κ1) is 14.1. The molecule has 0 saturated heterocycles. The van der Waals surface area contributed by atoms with Crippen molar-refractivity contribution in [2.75, 3.05) is 11.9 Å². The number of ether oxygens (including phenoxy) is 1. The maximum absolute atomic E-state index is 8.84. The largest absolute Gasteiger partial charge is 0.493 e. The van der Waals surface area contributed by atoms with E-state index in [1.54, 1.807) is 18.2 Å². The van der Waals surface area contributed by atoms with Crippen molar-refractivity contribution in [3.05, 3.63) is 57.1 Å². The second-order valence-corrected chi connectivity index (χ2v) is 5.66. The Bertz CT molecular complexity index is 738. The Kier molecular flexibility index (Phi) is 3.92. The van der Waals surface area contributed by atoms with Crippen LogP contribution in [0.25, 0.3) is 0 Å². The van der Waals surface area contributed by atoms with Crippen LogP contribution in [-0.4, -0.2) is 6.61 Å². The van der Waals surface area contributed by atoms with Crippen molar-refractivity contribution >= 4 is 28.9 Å². The number of anilines is 1. The van der Waals surface area contributed by atoms with Crippen LogP contribution in [0.5, 0.6) is 5.75 Å². The normalized spacial score (nSPS) is 12.4. The van der Waals surface area contributed by atoms with Crippen molar-refractivity contribution in [2.45, 2.75) is 13.0 Å². The minimum Gasteiger partial charge on any atom is -0.493 e. The Balaban J connectivity index is 1.81. The van der Waals surface area contributed by atoms with Gasteiger partial charge in [-0.2, -0.15) is 5.26 Å².